The highest BCUT2D eigenvalue weighted by molar-refractivity contribution is 5.77. The van der Waals surface area contributed by atoms with Crippen LogP contribution in [0.1, 0.15) is 22.8 Å². The van der Waals surface area contributed by atoms with Crippen LogP contribution in [0.25, 0.3) is 46.4 Å². The molecule has 48 heavy (non-hydrogen) atoms. The minimum atomic E-state index is 0.939. The maximum Gasteiger partial charge on any atom is 0.0658 e. The van der Waals surface area contributed by atoms with E-state index in [1.807, 2.05) is 48.6 Å². The Bertz CT molecular complexity index is 1730. The molecule has 0 saturated carbocycles. The zero-order chi connectivity index (χ0) is 32.9. The molecule has 7 aromatic heterocycles. The summed E-state index contributed by atoms with van der Waals surface area (Å²) in [6.45, 7) is 0. The van der Waals surface area contributed by atoms with Gasteiger partial charge in [0.2, 0.25) is 0 Å². The minimum Gasteiger partial charge on any atom is -0.355 e. The number of aromatic nitrogens is 12. The van der Waals surface area contributed by atoms with Gasteiger partial charge in [-0.15, -0.1) is 0 Å². The molecule has 0 unspecified atom stereocenters. The van der Waals surface area contributed by atoms with Crippen molar-refractivity contribution in [2.24, 2.45) is 0 Å². The molecule has 0 spiro atoms. The van der Waals surface area contributed by atoms with Gasteiger partial charge in [-0.2, -0.15) is 0 Å². The lowest BCUT2D eigenvalue weighted by atomic mass is 10.3. The molecule has 0 aliphatic carbocycles. The van der Waals surface area contributed by atoms with E-state index in [9.17, 15) is 0 Å². The number of fused-ring (bicyclic) bond motifs is 8. The number of nitrogens with one attached hydrogen (secondary N) is 2. The Morgan fingerprint density at radius 2 is 0.458 bits per heavy atom. The first-order valence-corrected chi connectivity index (χ1v) is 14.6. The number of aromatic amines is 2. The molecule has 2 N–H and O–H groups in total. The van der Waals surface area contributed by atoms with Crippen LogP contribution in [0.4, 0.5) is 0 Å². The Balaban J connectivity index is 0.000000151. The van der Waals surface area contributed by atoms with Crippen LogP contribution in [0.2, 0.25) is 0 Å². The molecule has 0 radical (unpaired) electrons. The molecule has 0 saturated heterocycles. The average molecular weight is 631 g/mol. The van der Waals surface area contributed by atoms with Crippen molar-refractivity contribution < 1.29 is 0 Å². The van der Waals surface area contributed by atoms with Gasteiger partial charge in [-0.25, -0.2) is 9.97 Å². The second-order valence-corrected chi connectivity index (χ2v) is 9.48. The molecule has 2 aliphatic rings. The van der Waals surface area contributed by atoms with Crippen LogP contribution in [-0.2, 0) is 0 Å². The summed E-state index contributed by atoms with van der Waals surface area (Å²) in [4.78, 5) is 45.8. The average Bonchev–Trinajstić information content (AvgIpc) is 4.00. The van der Waals surface area contributed by atoms with Gasteiger partial charge >= 0.3 is 0 Å². The van der Waals surface area contributed by atoms with Crippen molar-refractivity contribution in [3.05, 3.63) is 170 Å². The van der Waals surface area contributed by atoms with Crippen LogP contribution in [0.5, 0.6) is 0 Å². The summed E-state index contributed by atoms with van der Waals surface area (Å²) in [5, 5.41) is 0. The van der Waals surface area contributed by atoms with Gasteiger partial charge in [-0.05, 0) is 72.8 Å². The summed E-state index contributed by atoms with van der Waals surface area (Å²) < 4.78 is 0. The number of nitrogens with zero attached hydrogens (tertiary/aromatic N) is 10. The Morgan fingerprint density at radius 3 is 0.625 bits per heavy atom. The van der Waals surface area contributed by atoms with Crippen molar-refractivity contribution in [3.63, 3.8) is 0 Å². The second-order valence-electron chi connectivity index (χ2n) is 9.48. The van der Waals surface area contributed by atoms with Gasteiger partial charge in [0.1, 0.15) is 0 Å². The van der Waals surface area contributed by atoms with Gasteiger partial charge < -0.3 is 9.97 Å². The zero-order valence-electron chi connectivity index (χ0n) is 25.6. The number of H-pyrrole nitrogens is 2. The van der Waals surface area contributed by atoms with Crippen molar-refractivity contribution in [3.8, 4) is 0 Å². The van der Waals surface area contributed by atoms with Crippen molar-refractivity contribution in [1.29, 1.82) is 0 Å². The lowest BCUT2D eigenvalue weighted by Gasteiger charge is -1.85. The highest BCUT2D eigenvalue weighted by Crippen LogP contribution is 2.17. The van der Waals surface area contributed by atoms with Crippen molar-refractivity contribution >= 4 is 46.4 Å². The van der Waals surface area contributed by atoms with E-state index in [4.69, 9.17) is 0 Å². The van der Waals surface area contributed by atoms with Crippen LogP contribution in [-0.4, -0.2) is 59.8 Å². The Hall–Kier alpha value is -7.08. The highest BCUT2D eigenvalue weighted by Gasteiger charge is 2.01. The van der Waals surface area contributed by atoms with Crippen LogP contribution < -0.4 is 0 Å². The monoisotopic (exact) mass is 630 g/mol. The molecular formula is C36H30N12. The van der Waals surface area contributed by atoms with E-state index in [0.29, 0.717) is 0 Å². The molecule has 2 aliphatic heterocycles. The zero-order valence-corrected chi connectivity index (χ0v) is 25.6. The summed E-state index contributed by atoms with van der Waals surface area (Å²) in [5.41, 5.74) is 7.86. The van der Waals surface area contributed by atoms with Gasteiger partial charge in [0.25, 0.3) is 0 Å². The summed E-state index contributed by atoms with van der Waals surface area (Å²) in [5.74, 6) is 0. The Labute approximate surface area is 276 Å². The fraction of sp³-hybridized carbons (Fsp3) is 0. The largest absolute Gasteiger partial charge is 0.355 e. The van der Waals surface area contributed by atoms with E-state index < -0.39 is 0 Å². The number of hydrogen-bond donors (Lipinski definition) is 2. The third kappa shape index (κ3) is 11.8. The summed E-state index contributed by atoms with van der Waals surface area (Å²) in [7, 11) is 0. The highest BCUT2D eigenvalue weighted by atomic mass is 14.8. The molecular weight excluding hydrogens is 600 g/mol. The lowest BCUT2D eigenvalue weighted by Crippen LogP contribution is -1.75. The van der Waals surface area contributed by atoms with Gasteiger partial charge in [-0.3, -0.25) is 39.9 Å². The van der Waals surface area contributed by atoms with E-state index in [-0.39, 0.29) is 0 Å². The van der Waals surface area contributed by atoms with Gasteiger partial charge in [0.05, 0.1) is 22.8 Å². The molecule has 9 heterocycles. The van der Waals surface area contributed by atoms with Crippen molar-refractivity contribution in [2.75, 3.05) is 0 Å². The first kappa shape index (κ1) is 32.3. The summed E-state index contributed by atoms with van der Waals surface area (Å²) in [6, 6.07) is 16.4. The van der Waals surface area contributed by atoms with Crippen molar-refractivity contribution in [1.82, 2.24) is 59.8 Å². The predicted molar refractivity (Wildman–Crippen MR) is 187 cm³/mol. The maximum absolute atomic E-state index is 4.63. The van der Waals surface area contributed by atoms with Gasteiger partial charge in [-0.1, -0.05) is 0 Å². The van der Waals surface area contributed by atoms with Gasteiger partial charge in [0, 0.05) is 121 Å². The molecule has 9 rings (SSSR count). The fourth-order valence-corrected chi connectivity index (χ4v) is 3.96. The first-order chi connectivity index (χ1) is 23.8. The molecule has 0 aromatic carbocycles. The van der Waals surface area contributed by atoms with Crippen LogP contribution >= 0.6 is 0 Å². The molecule has 8 bridgehead atoms. The molecule has 12 nitrogen and oxygen atoms in total. The molecule has 7 aromatic rings. The topological polar surface area (TPSA) is 160 Å². The fourth-order valence-electron chi connectivity index (χ4n) is 3.96. The third-order valence-corrected chi connectivity index (χ3v) is 5.95. The smallest absolute Gasteiger partial charge is 0.0658 e. The summed E-state index contributed by atoms with van der Waals surface area (Å²) in [6.07, 6.45) is 34.3. The quantitative estimate of drug-likeness (QED) is 0.188. The van der Waals surface area contributed by atoms with Crippen LogP contribution in [0, 0.1) is 0 Å². The van der Waals surface area contributed by atoms with Crippen molar-refractivity contribution in [2.45, 2.75) is 0 Å². The SMILES string of the molecule is C1=Cc2cc3ccc(cc4nc(cc5ccc(cc1n2)[nH]5)C=C4)[nH]3.c1cnccn1.c1cnccn1.c1cnccn1.c1cnccn1. The van der Waals surface area contributed by atoms with Gasteiger partial charge in [0.15, 0.2) is 0 Å². The molecule has 234 valence electrons. The first-order valence-electron chi connectivity index (χ1n) is 14.6. The molecule has 12 heteroatoms. The lowest BCUT2D eigenvalue weighted by molar-refractivity contribution is 1.20. The van der Waals surface area contributed by atoms with Crippen LogP contribution in [0.3, 0.4) is 0 Å². The molecule has 0 fully saturated rings. The maximum atomic E-state index is 4.63. The third-order valence-electron chi connectivity index (χ3n) is 5.95. The Kier molecular flexibility index (Phi) is 12.6. The Morgan fingerprint density at radius 1 is 0.271 bits per heavy atom. The number of hydrogen-bond acceptors (Lipinski definition) is 10. The molecule has 0 amide bonds. The second kappa shape index (κ2) is 18.7. The standard InChI is InChI=1S/C20H14N4.4C4H4N2/c1-2-14-10-16-5-6-18(23-16)12-20-8-7-19(24-20)11-17-4-3-15(22-17)9-13(1)21-14;4*1-2-6-4-3-5-1/h1-12,21,24H;4*1-4H. The van der Waals surface area contributed by atoms with E-state index in [0.717, 1.165) is 44.8 Å². The minimum absolute atomic E-state index is 0.939. The molecule has 0 atom stereocenters. The summed E-state index contributed by atoms with van der Waals surface area (Å²) >= 11 is 0. The van der Waals surface area contributed by atoms with Crippen LogP contribution in [0.15, 0.2) is 148 Å². The predicted octanol–water partition coefficient (Wildman–Crippen LogP) is 6.56. The number of rotatable bonds is 0. The normalized spacial score (nSPS) is 10.3. The van der Waals surface area contributed by atoms with E-state index in [2.05, 4.69) is 84.1 Å². The van der Waals surface area contributed by atoms with E-state index in [1.54, 1.807) is 99.1 Å². The van der Waals surface area contributed by atoms with E-state index in [1.165, 1.54) is 0 Å². The van der Waals surface area contributed by atoms with E-state index >= 15 is 0 Å².